The van der Waals surface area contributed by atoms with Gasteiger partial charge in [0.25, 0.3) is 0 Å². The Labute approximate surface area is 120 Å². The summed E-state index contributed by atoms with van der Waals surface area (Å²) in [6, 6.07) is 1.58. The van der Waals surface area contributed by atoms with E-state index in [0.717, 1.165) is 37.4 Å². The van der Waals surface area contributed by atoms with Crippen molar-refractivity contribution in [2.24, 2.45) is 5.92 Å². The van der Waals surface area contributed by atoms with E-state index in [-0.39, 0.29) is 11.9 Å². The van der Waals surface area contributed by atoms with Crippen LogP contribution < -0.4 is 10.2 Å². The minimum atomic E-state index is -0.280. The summed E-state index contributed by atoms with van der Waals surface area (Å²) in [5.74, 6) is 1.17. The Bertz CT molecular complexity index is 439. The lowest BCUT2D eigenvalue weighted by molar-refractivity contribution is 0.121. The number of aromatic nitrogens is 1. The van der Waals surface area contributed by atoms with E-state index in [4.69, 9.17) is 4.74 Å². The van der Waals surface area contributed by atoms with Gasteiger partial charge in [0.05, 0.1) is 12.3 Å². The fourth-order valence-corrected chi connectivity index (χ4v) is 2.50. The maximum Gasteiger partial charge on any atom is 0.141 e. The number of ether oxygens (including phenoxy) is 1. The second-order valence-electron chi connectivity index (χ2n) is 5.75. The Hall–Kier alpha value is -1.20. The quantitative estimate of drug-likeness (QED) is 0.867. The molecule has 0 bridgehead atoms. The third kappa shape index (κ3) is 3.90. The van der Waals surface area contributed by atoms with Crippen molar-refractivity contribution in [2.75, 3.05) is 31.6 Å². The topological polar surface area (TPSA) is 37.4 Å². The molecule has 4 nitrogen and oxygen atoms in total. The third-order valence-electron chi connectivity index (χ3n) is 3.56. The molecule has 1 N–H and O–H groups in total. The molecular formula is C15H24FN3O. The van der Waals surface area contributed by atoms with Crippen molar-refractivity contribution < 1.29 is 9.13 Å². The van der Waals surface area contributed by atoms with Crippen LogP contribution in [0.25, 0.3) is 0 Å². The molecule has 112 valence electrons. The lowest BCUT2D eigenvalue weighted by atomic mass is 10.2. The van der Waals surface area contributed by atoms with Gasteiger partial charge in [-0.2, -0.15) is 0 Å². The molecule has 20 heavy (non-hydrogen) atoms. The van der Waals surface area contributed by atoms with Crippen molar-refractivity contribution >= 4 is 5.82 Å². The molecular weight excluding hydrogens is 257 g/mol. The number of nitrogens with zero attached hydrogens (tertiary/aromatic N) is 2. The van der Waals surface area contributed by atoms with E-state index in [1.165, 1.54) is 6.20 Å². The number of nitrogens with one attached hydrogen (secondary N) is 1. The number of hydrogen-bond acceptors (Lipinski definition) is 4. The highest BCUT2D eigenvalue weighted by Crippen LogP contribution is 2.24. The molecule has 1 fully saturated rings. The van der Waals surface area contributed by atoms with E-state index in [9.17, 15) is 4.39 Å². The molecule has 0 aliphatic carbocycles. The van der Waals surface area contributed by atoms with Gasteiger partial charge < -0.3 is 15.0 Å². The average molecular weight is 281 g/mol. The number of pyridine rings is 1. The molecule has 0 amide bonds. The Balaban J connectivity index is 2.07. The predicted octanol–water partition coefficient (Wildman–Crippen LogP) is 2.19. The molecule has 0 aromatic carbocycles. The molecule has 1 saturated heterocycles. The second kappa shape index (κ2) is 6.99. The van der Waals surface area contributed by atoms with Gasteiger partial charge in [0.15, 0.2) is 0 Å². The normalized spacial score (nSPS) is 19.1. The monoisotopic (exact) mass is 281 g/mol. The molecule has 1 aliphatic rings. The van der Waals surface area contributed by atoms with Gasteiger partial charge in [0, 0.05) is 32.3 Å². The summed E-state index contributed by atoms with van der Waals surface area (Å²) in [6.45, 7) is 7.60. The zero-order valence-electron chi connectivity index (χ0n) is 12.5. The fraction of sp³-hybridized carbons (Fsp3) is 0.667. The summed E-state index contributed by atoms with van der Waals surface area (Å²) in [6.07, 6.45) is 2.54. The van der Waals surface area contributed by atoms with Crippen molar-refractivity contribution in [3.05, 3.63) is 23.6 Å². The van der Waals surface area contributed by atoms with Crippen molar-refractivity contribution in [1.82, 2.24) is 10.3 Å². The van der Waals surface area contributed by atoms with Gasteiger partial charge in [0.1, 0.15) is 11.6 Å². The average Bonchev–Trinajstić information content (AvgIpc) is 2.87. The van der Waals surface area contributed by atoms with Crippen LogP contribution in [0.1, 0.15) is 25.8 Å². The van der Waals surface area contributed by atoms with Gasteiger partial charge in [-0.3, -0.25) is 0 Å². The molecule has 1 unspecified atom stereocenters. The van der Waals surface area contributed by atoms with Crippen LogP contribution in [0.2, 0.25) is 0 Å². The molecule has 1 aromatic heterocycles. The first-order valence-corrected chi connectivity index (χ1v) is 7.23. The molecule has 1 atom stereocenters. The minimum Gasteiger partial charge on any atom is -0.380 e. The highest BCUT2D eigenvalue weighted by molar-refractivity contribution is 5.48. The zero-order chi connectivity index (χ0) is 14.5. The molecule has 0 saturated carbocycles. The van der Waals surface area contributed by atoms with E-state index in [1.54, 1.807) is 13.2 Å². The summed E-state index contributed by atoms with van der Waals surface area (Å²) >= 11 is 0. The summed E-state index contributed by atoms with van der Waals surface area (Å²) < 4.78 is 18.8. The largest absolute Gasteiger partial charge is 0.380 e. The molecule has 0 radical (unpaired) electrons. The van der Waals surface area contributed by atoms with E-state index >= 15 is 0 Å². The van der Waals surface area contributed by atoms with Crippen molar-refractivity contribution in [2.45, 2.75) is 32.9 Å². The van der Waals surface area contributed by atoms with Crippen LogP contribution in [0.4, 0.5) is 10.2 Å². The van der Waals surface area contributed by atoms with E-state index < -0.39 is 0 Å². The molecule has 2 rings (SSSR count). The zero-order valence-corrected chi connectivity index (χ0v) is 12.5. The van der Waals surface area contributed by atoms with Gasteiger partial charge in [-0.1, -0.05) is 13.8 Å². The summed E-state index contributed by atoms with van der Waals surface area (Å²) in [5, 5.41) is 3.35. The fourth-order valence-electron chi connectivity index (χ4n) is 2.50. The van der Waals surface area contributed by atoms with Gasteiger partial charge in [-0.05, 0) is 24.9 Å². The Kier molecular flexibility index (Phi) is 5.31. The van der Waals surface area contributed by atoms with Crippen LogP contribution >= 0.6 is 0 Å². The van der Waals surface area contributed by atoms with E-state index in [0.29, 0.717) is 12.5 Å². The van der Waals surface area contributed by atoms with Crippen molar-refractivity contribution in [3.8, 4) is 0 Å². The first-order chi connectivity index (χ1) is 9.60. The minimum absolute atomic E-state index is 0.248. The summed E-state index contributed by atoms with van der Waals surface area (Å²) in [4.78, 5) is 6.46. The Morgan fingerprint density at radius 2 is 2.35 bits per heavy atom. The van der Waals surface area contributed by atoms with Gasteiger partial charge in [-0.15, -0.1) is 0 Å². The van der Waals surface area contributed by atoms with E-state index in [2.05, 4.69) is 29.0 Å². The maximum atomic E-state index is 13.4. The molecule has 2 heterocycles. The molecule has 1 aromatic rings. The molecule has 5 heteroatoms. The van der Waals surface area contributed by atoms with Crippen LogP contribution in [0.15, 0.2) is 12.3 Å². The Morgan fingerprint density at radius 1 is 1.55 bits per heavy atom. The van der Waals surface area contributed by atoms with Crippen LogP contribution in [0.5, 0.6) is 0 Å². The lowest BCUT2D eigenvalue weighted by Gasteiger charge is -2.21. The van der Waals surface area contributed by atoms with Crippen molar-refractivity contribution in [3.63, 3.8) is 0 Å². The number of methoxy groups -OCH3 is 1. The highest BCUT2D eigenvalue weighted by atomic mass is 19.1. The van der Waals surface area contributed by atoms with Crippen LogP contribution in [0.3, 0.4) is 0 Å². The van der Waals surface area contributed by atoms with Gasteiger partial charge in [-0.25, -0.2) is 9.37 Å². The lowest BCUT2D eigenvalue weighted by Crippen LogP contribution is -2.26. The van der Waals surface area contributed by atoms with Crippen LogP contribution in [0, 0.1) is 11.7 Å². The summed E-state index contributed by atoms with van der Waals surface area (Å²) in [7, 11) is 1.73. The van der Waals surface area contributed by atoms with Crippen LogP contribution in [-0.2, 0) is 11.3 Å². The predicted molar refractivity (Wildman–Crippen MR) is 78.4 cm³/mol. The number of hydrogen-bond donors (Lipinski definition) is 1. The first-order valence-electron chi connectivity index (χ1n) is 7.23. The number of anilines is 1. The summed E-state index contributed by atoms with van der Waals surface area (Å²) in [5.41, 5.74) is 0.919. The highest BCUT2D eigenvalue weighted by Gasteiger charge is 2.25. The van der Waals surface area contributed by atoms with Crippen LogP contribution in [-0.4, -0.2) is 37.8 Å². The van der Waals surface area contributed by atoms with Gasteiger partial charge in [0.2, 0.25) is 0 Å². The van der Waals surface area contributed by atoms with Gasteiger partial charge >= 0.3 is 0 Å². The second-order valence-corrected chi connectivity index (χ2v) is 5.75. The maximum absolute atomic E-state index is 13.4. The van der Waals surface area contributed by atoms with E-state index in [1.807, 2.05) is 0 Å². The smallest absolute Gasteiger partial charge is 0.141 e. The standard InChI is InChI=1S/C15H24FN3O/c1-11(2)7-17-8-12-6-13(16)9-18-15(12)19-5-4-14(10-19)20-3/h6,9,11,14,17H,4-5,7-8,10H2,1-3H3. The Morgan fingerprint density at radius 3 is 3.00 bits per heavy atom. The third-order valence-corrected chi connectivity index (χ3v) is 3.56. The number of rotatable bonds is 6. The first kappa shape index (κ1) is 15.2. The van der Waals surface area contributed by atoms with Crippen molar-refractivity contribution in [1.29, 1.82) is 0 Å². The molecule has 1 aliphatic heterocycles. The molecule has 0 spiro atoms. The SMILES string of the molecule is COC1CCN(c2ncc(F)cc2CNCC(C)C)C1. The number of halogens is 1.